The minimum atomic E-state index is -0.225. The number of ketones is 1. The van der Waals surface area contributed by atoms with Gasteiger partial charge >= 0.3 is 0 Å². The van der Waals surface area contributed by atoms with Gasteiger partial charge in [0.2, 0.25) is 0 Å². The third-order valence-electron chi connectivity index (χ3n) is 4.18. The van der Waals surface area contributed by atoms with Crippen LogP contribution in [-0.4, -0.2) is 19.0 Å². The molecule has 1 saturated heterocycles. The van der Waals surface area contributed by atoms with Gasteiger partial charge in [0.05, 0.1) is 6.61 Å². The minimum absolute atomic E-state index is 0.0542. The Morgan fingerprint density at radius 2 is 1.71 bits per heavy atom. The third-order valence-corrected chi connectivity index (χ3v) is 4.18. The normalized spacial score (nSPS) is 22.3. The van der Waals surface area contributed by atoms with Crippen LogP contribution in [0.5, 0.6) is 0 Å². The van der Waals surface area contributed by atoms with Gasteiger partial charge in [0, 0.05) is 18.9 Å². The van der Waals surface area contributed by atoms with Crippen molar-refractivity contribution in [2.45, 2.75) is 51.4 Å². The summed E-state index contributed by atoms with van der Waals surface area (Å²) in [4.78, 5) is 12.3. The summed E-state index contributed by atoms with van der Waals surface area (Å²) in [6.45, 7) is 1.31. The fraction of sp³-hybridized carbons (Fsp3) is 0.611. The highest BCUT2D eigenvalue weighted by Gasteiger charge is 2.18. The molecule has 2 nitrogen and oxygen atoms in total. The predicted molar refractivity (Wildman–Crippen MR) is 81.7 cm³/mol. The van der Waals surface area contributed by atoms with Gasteiger partial charge in [-0.1, -0.05) is 37.8 Å². The van der Waals surface area contributed by atoms with E-state index >= 15 is 0 Å². The molecule has 0 N–H and O–H groups in total. The van der Waals surface area contributed by atoms with Gasteiger partial charge in [-0.2, -0.15) is 0 Å². The molecular formula is C18H25FO2. The van der Waals surface area contributed by atoms with Crippen LogP contribution < -0.4 is 0 Å². The van der Waals surface area contributed by atoms with E-state index in [2.05, 4.69) is 0 Å². The summed E-state index contributed by atoms with van der Waals surface area (Å²) in [6, 6.07) is 6.51. The second-order valence-corrected chi connectivity index (χ2v) is 5.91. The highest BCUT2D eigenvalue weighted by Crippen LogP contribution is 2.20. The molecule has 0 spiro atoms. The molecule has 1 aliphatic heterocycles. The zero-order valence-electron chi connectivity index (χ0n) is 12.7. The summed E-state index contributed by atoms with van der Waals surface area (Å²) >= 11 is 0. The number of Topliss-reactive ketones (excluding diaryl/α,β-unsaturated/α-hetero) is 1. The van der Waals surface area contributed by atoms with E-state index in [-0.39, 0.29) is 11.7 Å². The maximum Gasteiger partial charge on any atom is 0.138 e. The number of ether oxygens (including phenoxy) is 1. The number of hydrogen-bond acceptors (Lipinski definition) is 2. The standard InChI is InChI=1S/C18H25FO2/c19-17-9-7-15(8-10-17)14-16-6-4-2-1-3-5-12-21-13-11-18(16)20/h7-10,16H,1-6,11-14H2. The minimum Gasteiger partial charge on any atom is -0.381 e. The average Bonchev–Trinajstić information content (AvgIpc) is 2.48. The van der Waals surface area contributed by atoms with E-state index in [1.807, 2.05) is 0 Å². The van der Waals surface area contributed by atoms with Crippen molar-refractivity contribution in [3.05, 3.63) is 35.6 Å². The first-order valence-corrected chi connectivity index (χ1v) is 8.10. The van der Waals surface area contributed by atoms with Crippen molar-refractivity contribution in [2.75, 3.05) is 13.2 Å². The van der Waals surface area contributed by atoms with Gasteiger partial charge in [-0.3, -0.25) is 4.79 Å². The first kappa shape index (κ1) is 16.2. The van der Waals surface area contributed by atoms with Gasteiger partial charge in [-0.05, 0) is 37.0 Å². The van der Waals surface area contributed by atoms with E-state index in [1.54, 1.807) is 12.1 Å². The molecule has 0 radical (unpaired) electrons. The van der Waals surface area contributed by atoms with Crippen molar-refractivity contribution in [1.29, 1.82) is 0 Å². The van der Waals surface area contributed by atoms with Gasteiger partial charge in [0.1, 0.15) is 11.6 Å². The van der Waals surface area contributed by atoms with Crippen molar-refractivity contribution in [1.82, 2.24) is 0 Å². The molecule has 116 valence electrons. The van der Waals surface area contributed by atoms with Crippen molar-refractivity contribution in [2.24, 2.45) is 5.92 Å². The topological polar surface area (TPSA) is 26.3 Å². The SMILES string of the molecule is O=C1CCOCCCCCCCC1Cc1ccc(F)cc1. The lowest BCUT2D eigenvalue weighted by molar-refractivity contribution is -0.124. The molecule has 2 rings (SSSR count). The first-order valence-electron chi connectivity index (χ1n) is 8.10. The first-order chi connectivity index (χ1) is 10.3. The summed E-state index contributed by atoms with van der Waals surface area (Å²) in [5, 5.41) is 0. The molecule has 21 heavy (non-hydrogen) atoms. The molecule has 1 aromatic rings. The van der Waals surface area contributed by atoms with E-state index in [1.165, 1.54) is 31.4 Å². The van der Waals surface area contributed by atoms with Crippen LogP contribution in [0.25, 0.3) is 0 Å². The molecular weight excluding hydrogens is 267 g/mol. The Balaban J connectivity index is 1.94. The van der Waals surface area contributed by atoms with Crippen LogP contribution in [0.1, 0.15) is 50.5 Å². The molecule has 3 heteroatoms. The molecule has 1 aliphatic rings. The number of hydrogen-bond donors (Lipinski definition) is 0. The summed E-state index contributed by atoms with van der Waals surface area (Å²) in [6.07, 6.45) is 8.01. The summed E-state index contributed by atoms with van der Waals surface area (Å²) in [7, 11) is 0. The van der Waals surface area contributed by atoms with Crippen molar-refractivity contribution in [3.8, 4) is 0 Å². The van der Waals surface area contributed by atoms with E-state index in [9.17, 15) is 9.18 Å². The fourth-order valence-electron chi connectivity index (χ4n) is 2.89. The summed E-state index contributed by atoms with van der Waals surface area (Å²) in [5.74, 6) is 0.121. The Bertz CT molecular complexity index is 427. The Morgan fingerprint density at radius 3 is 2.52 bits per heavy atom. The van der Waals surface area contributed by atoms with Crippen LogP contribution in [-0.2, 0) is 16.0 Å². The van der Waals surface area contributed by atoms with Crippen molar-refractivity contribution < 1.29 is 13.9 Å². The summed E-state index contributed by atoms with van der Waals surface area (Å²) < 4.78 is 18.5. The molecule has 0 bridgehead atoms. The van der Waals surface area contributed by atoms with Crippen LogP contribution in [0.2, 0.25) is 0 Å². The van der Waals surface area contributed by atoms with Gasteiger partial charge in [-0.25, -0.2) is 4.39 Å². The predicted octanol–water partition coefficient (Wildman–Crippen LogP) is 4.31. The lowest BCUT2D eigenvalue weighted by Gasteiger charge is -2.17. The number of rotatable bonds is 2. The number of benzene rings is 1. The van der Waals surface area contributed by atoms with Crippen LogP contribution in [0.15, 0.2) is 24.3 Å². The lowest BCUT2D eigenvalue weighted by Crippen LogP contribution is -2.19. The number of halogens is 1. The van der Waals surface area contributed by atoms with Crippen LogP contribution in [0, 0.1) is 11.7 Å². The van der Waals surface area contributed by atoms with Gasteiger partial charge < -0.3 is 4.74 Å². The molecule has 0 amide bonds. The molecule has 0 aliphatic carbocycles. The van der Waals surface area contributed by atoms with Crippen LogP contribution >= 0.6 is 0 Å². The van der Waals surface area contributed by atoms with Gasteiger partial charge in [0.25, 0.3) is 0 Å². The molecule has 1 fully saturated rings. The van der Waals surface area contributed by atoms with Crippen LogP contribution in [0.3, 0.4) is 0 Å². The molecule has 1 aromatic carbocycles. The van der Waals surface area contributed by atoms with Crippen LogP contribution in [0.4, 0.5) is 4.39 Å². The Morgan fingerprint density at radius 1 is 1.00 bits per heavy atom. The second-order valence-electron chi connectivity index (χ2n) is 5.91. The van der Waals surface area contributed by atoms with Crippen molar-refractivity contribution in [3.63, 3.8) is 0 Å². The van der Waals surface area contributed by atoms with E-state index in [4.69, 9.17) is 4.74 Å². The van der Waals surface area contributed by atoms with Gasteiger partial charge in [-0.15, -0.1) is 0 Å². The zero-order valence-corrected chi connectivity index (χ0v) is 12.7. The van der Waals surface area contributed by atoms with E-state index in [0.29, 0.717) is 18.8 Å². The van der Waals surface area contributed by atoms with E-state index < -0.39 is 0 Å². The van der Waals surface area contributed by atoms with Crippen molar-refractivity contribution >= 4 is 5.78 Å². The monoisotopic (exact) mass is 292 g/mol. The Kier molecular flexibility index (Phi) is 6.87. The molecule has 1 atom stereocenters. The summed E-state index contributed by atoms with van der Waals surface area (Å²) in [5.41, 5.74) is 1.04. The maximum atomic E-state index is 13.0. The molecule has 0 aromatic heterocycles. The lowest BCUT2D eigenvalue weighted by atomic mass is 9.88. The largest absolute Gasteiger partial charge is 0.381 e. The molecule has 1 heterocycles. The highest BCUT2D eigenvalue weighted by molar-refractivity contribution is 5.81. The Labute approximate surface area is 126 Å². The molecule has 0 saturated carbocycles. The fourth-order valence-corrected chi connectivity index (χ4v) is 2.89. The van der Waals surface area contributed by atoms with Gasteiger partial charge in [0.15, 0.2) is 0 Å². The quantitative estimate of drug-likeness (QED) is 0.811. The third kappa shape index (κ3) is 5.96. The molecule has 1 unspecified atom stereocenters. The smallest absolute Gasteiger partial charge is 0.138 e. The van der Waals surface area contributed by atoms with E-state index in [0.717, 1.165) is 37.9 Å². The average molecular weight is 292 g/mol. The Hall–Kier alpha value is -1.22. The maximum absolute atomic E-state index is 13.0. The number of carbonyl (C=O) groups excluding carboxylic acids is 1. The number of carbonyl (C=O) groups is 1. The second kappa shape index (κ2) is 8.93. The zero-order chi connectivity index (χ0) is 14.9. The highest BCUT2D eigenvalue weighted by atomic mass is 19.1.